The lowest BCUT2D eigenvalue weighted by Crippen LogP contribution is -2.37. The molecular formula is C24H26N2O6S. The molecule has 3 amide bonds. The van der Waals surface area contributed by atoms with Crippen LogP contribution in [0.25, 0.3) is 6.08 Å². The largest absolute Gasteiger partial charge is 0.493 e. The van der Waals surface area contributed by atoms with Gasteiger partial charge in [-0.05, 0) is 60.2 Å². The SMILES string of the molecule is CCOc1ccc(/C=C2\SC(=O)N(CCNC(=O)c3ccc(COC)cc3)C2=O)cc1OC. The number of methoxy groups -OCH3 is 2. The molecule has 1 aliphatic rings. The van der Waals surface area contributed by atoms with Crippen LogP contribution < -0.4 is 14.8 Å². The number of nitrogens with zero attached hydrogens (tertiary/aromatic N) is 1. The number of nitrogens with one attached hydrogen (secondary N) is 1. The van der Waals surface area contributed by atoms with Crippen molar-refractivity contribution in [1.82, 2.24) is 10.2 Å². The molecule has 0 unspecified atom stereocenters. The molecule has 0 atom stereocenters. The van der Waals surface area contributed by atoms with E-state index in [-0.39, 0.29) is 24.2 Å². The molecule has 1 heterocycles. The monoisotopic (exact) mass is 470 g/mol. The molecular weight excluding hydrogens is 444 g/mol. The van der Waals surface area contributed by atoms with Gasteiger partial charge in [0, 0.05) is 25.8 Å². The van der Waals surface area contributed by atoms with Crippen LogP contribution in [0.4, 0.5) is 4.79 Å². The molecule has 0 spiro atoms. The second-order valence-corrected chi connectivity index (χ2v) is 8.06. The van der Waals surface area contributed by atoms with E-state index in [1.54, 1.807) is 43.5 Å². The van der Waals surface area contributed by atoms with Crippen molar-refractivity contribution >= 4 is 34.9 Å². The number of rotatable bonds is 10. The summed E-state index contributed by atoms with van der Waals surface area (Å²) in [6.45, 7) is 3.09. The summed E-state index contributed by atoms with van der Waals surface area (Å²) >= 11 is 0.868. The summed E-state index contributed by atoms with van der Waals surface area (Å²) in [6, 6.07) is 12.3. The first-order chi connectivity index (χ1) is 16.0. The Morgan fingerprint density at radius 1 is 1.09 bits per heavy atom. The van der Waals surface area contributed by atoms with Gasteiger partial charge >= 0.3 is 0 Å². The van der Waals surface area contributed by atoms with Crippen LogP contribution in [0, 0.1) is 0 Å². The summed E-state index contributed by atoms with van der Waals surface area (Å²) in [6.07, 6.45) is 1.64. The molecule has 0 saturated carbocycles. The molecule has 0 radical (unpaired) electrons. The Labute approximate surface area is 196 Å². The molecule has 1 N–H and O–H groups in total. The van der Waals surface area contributed by atoms with Gasteiger partial charge in [0.15, 0.2) is 11.5 Å². The van der Waals surface area contributed by atoms with Gasteiger partial charge < -0.3 is 19.5 Å². The number of hydrogen-bond donors (Lipinski definition) is 1. The predicted molar refractivity (Wildman–Crippen MR) is 126 cm³/mol. The molecule has 0 aromatic heterocycles. The number of amides is 3. The van der Waals surface area contributed by atoms with Gasteiger partial charge in [0.05, 0.1) is 25.2 Å². The van der Waals surface area contributed by atoms with Gasteiger partial charge in [-0.1, -0.05) is 18.2 Å². The van der Waals surface area contributed by atoms with Crippen molar-refractivity contribution < 1.29 is 28.6 Å². The Bertz CT molecular complexity index is 1050. The van der Waals surface area contributed by atoms with Crippen LogP contribution in [0.5, 0.6) is 11.5 Å². The maximum Gasteiger partial charge on any atom is 0.293 e. The zero-order valence-electron chi connectivity index (χ0n) is 18.8. The quantitative estimate of drug-likeness (QED) is 0.529. The Morgan fingerprint density at radius 2 is 1.85 bits per heavy atom. The van der Waals surface area contributed by atoms with Crippen molar-refractivity contribution in [2.24, 2.45) is 0 Å². The summed E-state index contributed by atoms with van der Waals surface area (Å²) in [5.41, 5.74) is 2.17. The molecule has 0 bridgehead atoms. The molecule has 2 aromatic carbocycles. The van der Waals surface area contributed by atoms with E-state index in [0.29, 0.717) is 40.7 Å². The molecule has 33 heavy (non-hydrogen) atoms. The van der Waals surface area contributed by atoms with E-state index in [9.17, 15) is 14.4 Å². The minimum absolute atomic E-state index is 0.0854. The number of ether oxygens (including phenoxy) is 3. The first-order valence-electron chi connectivity index (χ1n) is 10.4. The van der Waals surface area contributed by atoms with Crippen molar-refractivity contribution in [3.8, 4) is 11.5 Å². The Morgan fingerprint density at radius 3 is 2.52 bits per heavy atom. The van der Waals surface area contributed by atoms with Crippen LogP contribution in [-0.2, 0) is 16.1 Å². The maximum absolute atomic E-state index is 12.7. The first-order valence-corrected chi connectivity index (χ1v) is 11.2. The van der Waals surface area contributed by atoms with Crippen LogP contribution in [0.3, 0.4) is 0 Å². The minimum atomic E-state index is -0.393. The fraction of sp³-hybridized carbons (Fsp3) is 0.292. The zero-order chi connectivity index (χ0) is 23.8. The number of hydrogen-bond acceptors (Lipinski definition) is 7. The fourth-order valence-corrected chi connectivity index (χ4v) is 4.06. The van der Waals surface area contributed by atoms with E-state index < -0.39 is 5.91 Å². The maximum atomic E-state index is 12.7. The predicted octanol–water partition coefficient (Wildman–Crippen LogP) is 3.71. The molecule has 0 aliphatic carbocycles. The average molecular weight is 471 g/mol. The molecule has 3 rings (SSSR count). The number of thioether (sulfide) groups is 1. The highest BCUT2D eigenvalue weighted by Crippen LogP contribution is 2.34. The van der Waals surface area contributed by atoms with Crippen molar-refractivity contribution in [2.75, 3.05) is 33.9 Å². The Balaban J connectivity index is 1.59. The third-order valence-electron chi connectivity index (χ3n) is 4.81. The van der Waals surface area contributed by atoms with Crippen LogP contribution in [0.2, 0.25) is 0 Å². The van der Waals surface area contributed by atoms with Crippen LogP contribution in [0.1, 0.15) is 28.4 Å². The van der Waals surface area contributed by atoms with Gasteiger partial charge in [-0.25, -0.2) is 0 Å². The van der Waals surface area contributed by atoms with E-state index >= 15 is 0 Å². The molecule has 2 aromatic rings. The summed E-state index contributed by atoms with van der Waals surface area (Å²) in [7, 11) is 3.15. The van der Waals surface area contributed by atoms with E-state index in [0.717, 1.165) is 22.2 Å². The smallest absolute Gasteiger partial charge is 0.293 e. The summed E-state index contributed by atoms with van der Waals surface area (Å²) in [5.74, 6) is 0.483. The van der Waals surface area contributed by atoms with Crippen molar-refractivity contribution in [3.63, 3.8) is 0 Å². The second-order valence-electron chi connectivity index (χ2n) is 7.06. The van der Waals surface area contributed by atoms with Crippen LogP contribution in [-0.4, -0.2) is 55.9 Å². The van der Waals surface area contributed by atoms with E-state index in [2.05, 4.69) is 5.32 Å². The zero-order valence-corrected chi connectivity index (χ0v) is 19.6. The molecule has 1 aliphatic heterocycles. The van der Waals surface area contributed by atoms with Gasteiger partial charge in [-0.2, -0.15) is 0 Å². The van der Waals surface area contributed by atoms with Crippen molar-refractivity contribution in [3.05, 3.63) is 64.1 Å². The van der Waals surface area contributed by atoms with Gasteiger partial charge in [-0.15, -0.1) is 0 Å². The summed E-state index contributed by atoms with van der Waals surface area (Å²) in [4.78, 5) is 38.8. The van der Waals surface area contributed by atoms with Gasteiger partial charge in [0.1, 0.15) is 0 Å². The molecule has 1 saturated heterocycles. The van der Waals surface area contributed by atoms with Crippen LogP contribution in [0.15, 0.2) is 47.4 Å². The number of imide groups is 1. The van der Waals surface area contributed by atoms with Gasteiger partial charge in [0.2, 0.25) is 0 Å². The van der Waals surface area contributed by atoms with E-state index in [1.807, 2.05) is 19.1 Å². The molecule has 8 nitrogen and oxygen atoms in total. The highest BCUT2D eigenvalue weighted by atomic mass is 32.2. The highest BCUT2D eigenvalue weighted by Gasteiger charge is 2.34. The summed E-state index contributed by atoms with van der Waals surface area (Å²) in [5, 5.41) is 2.37. The van der Waals surface area contributed by atoms with Gasteiger partial charge in [-0.3, -0.25) is 19.3 Å². The first kappa shape index (κ1) is 24.3. The van der Waals surface area contributed by atoms with E-state index in [1.165, 1.54) is 7.11 Å². The summed E-state index contributed by atoms with van der Waals surface area (Å²) < 4.78 is 15.9. The lowest BCUT2D eigenvalue weighted by atomic mass is 10.1. The van der Waals surface area contributed by atoms with E-state index in [4.69, 9.17) is 14.2 Å². The molecule has 1 fully saturated rings. The molecule has 9 heteroatoms. The standard InChI is InChI=1S/C24H26N2O6S/c1-4-32-19-10-7-17(13-20(19)31-3)14-21-23(28)26(24(29)33-21)12-11-25-22(27)18-8-5-16(6-9-18)15-30-2/h5-10,13-14H,4,11-12,15H2,1-3H3,(H,25,27)/b21-14-. The average Bonchev–Trinajstić information content (AvgIpc) is 3.08. The third kappa shape index (κ3) is 6.15. The van der Waals surface area contributed by atoms with Crippen molar-refractivity contribution in [2.45, 2.75) is 13.5 Å². The Hall–Kier alpha value is -3.30. The normalized spacial score (nSPS) is 14.6. The number of carbonyl (C=O) groups is 3. The van der Waals surface area contributed by atoms with Gasteiger partial charge in [0.25, 0.3) is 17.1 Å². The lowest BCUT2D eigenvalue weighted by Gasteiger charge is -2.13. The third-order valence-corrected chi connectivity index (χ3v) is 5.71. The molecule has 174 valence electrons. The second kappa shape index (κ2) is 11.5. The van der Waals surface area contributed by atoms with Crippen LogP contribution >= 0.6 is 11.8 Å². The fourth-order valence-electron chi connectivity index (χ4n) is 3.20. The minimum Gasteiger partial charge on any atom is -0.493 e. The Kier molecular flexibility index (Phi) is 8.51. The number of carbonyl (C=O) groups excluding carboxylic acids is 3. The van der Waals surface area contributed by atoms with Crippen molar-refractivity contribution in [1.29, 1.82) is 0 Å². The lowest BCUT2D eigenvalue weighted by molar-refractivity contribution is -0.122. The number of benzene rings is 2. The highest BCUT2D eigenvalue weighted by molar-refractivity contribution is 8.18. The topological polar surface area (TPSA) is 94.2 Å².